The van der Waals surface area contributed by atoms with Gasteiger partial charge in [0.1, 0.15) is 0 Å². The zero-order valence-corrected chi connectivity index (χ0v) is 7.71. The van der Waals surface area contributed by atoms with Crippen molar-refractivity contribution in [1.29, 1.82) is 0 Å². The van der Waals surface area contributed by atoms with Crippen LogP contribution in [-0.4, -0.2) is 9.97 Å². The second kappa shape index (κ2) is 3.96. The highest BCUT2D eigenvalue weighted by atomic mass is 35.5. The van der Waals surface area contributed by atoms with Gasteiger partial charge in [-0.2, -0.15) is 0 Å². The molecule has 0 aliphatic heterocycles. The zero-order chi connectivity index (χ0) is 8.39. The van der Waals surface area contributed by atoms with Gasteiger partial charge in [0.15, 0.2) is 0 Å². The Kier molecular flexibility index (Phi) is 2.93. The minimum absolute atomic E-state index is 0. The largest absolute Gasteiger partial charge is 0.399 e. The number of aromatic nitrogens is 2. The van der Waals surface area contributed by atoms with Crippen molar-refractivity contribution in [3.63, 3.8) is 0 Å². The summed E-state index contributed by atoms with van der Waals surface area (Å²) in [7, 11) is 0. The highest BCUT2D eigenvalue weighted by Gasteiger charge is 1.96. The number of rotatable bonds is 1. The Morgan fingerprint density at radius 3 is 2.77 bits per heavy atom. The van der Waals surface area contributed by atoms with Crippen LogP contribution in [0.4, 0.5) is 5.69 Å². The molecule has 0 unspecified atom stereocenters. The summed E-state index contributed by atoms with van der Waals surface area (Å²) < 4.78 is 0. The topological polar surface area (TPSA) is 54.7 Å². The van der Waals surface area contributed by atoms with Crippen molar-refractivity contribution in [2.45, 2.75) is 0 Å². The molecule has 0 saturated heterocycles. The Balaban J connectivity index is 0.000000845. The molecular weight excluding hydrogens is 186 g/mol. The lowest BCUT2D eigenvalue weighted by Gasteiger charge is -1.97. The number of hydrogen-bond donors (Lipinski definition) is 2. The first-order chi connectivity index (χ1) is 5.86. The van der Waals surface area contributed by atoms with E-state index in [1.807, 2.05) is 24.3 Å². The van der Waals surface area contributed by atoms with Gasteiger partial charge in [-0.1, -0.05) is 12.1 Å². The lowest BCUT2D eigenvalue weighted by atomic mass is 10.1. The molecule has 0 aliphatic rings. The number of nitrogens with two attached hydrogens (primary N) is 1. The van der Waals surface area contributed by atoms with E-state index in [2.05, 4.69) is 9.97 Å². The van der Waals surface area contributed by atoms with Crippen molar-refractivity contribution in [3.05, 3.63) is 36.8 Å². The van der Waals surface area contributed by atoms with Crippen LogP contribution in [0, 0.1) is 0 Å². The van der Waals surface area contributed by atoms with Crippen LogP contribution < -0.4 is 5.73 Å². The van der Waals surface area contributed by atoms with E-state index in [0.29, 0.717) is 0 Å². The minimum atomic E-state index is 0. The van der Waals surface area contributed by atoms with Crippen molar-refractivity contribution in [2.24, 2.45) is 0 Å². The fourth-order valence-electron chi connectivity index (χ4n) is 1.12. The quantitative estimate of drug-likeness (QED) is 0.685. The molecule has 2 aromatic rings. The number of nitrogen functional groups attached to an aromatic ring is 1. The Hall–Kier alpha value is -1.48. The number of H-pyrrole nitrogens is 1. The van der Waals surface area contributed by atoms with E-state index in [4.69, 9.17) is 5.73 Å². The zero-order valence-electron chi connectivity index (χ0n) is 6.90. The van der Waals surface area contributed by atoms with Gasteiger partial charge in [-0.15, -0.1) is 12.4 Å². The lowest BCUT2D eigenvalue weighted by Crippen LogP contribution is -1.84. The van der Waals surface area contributed by atoms with Gasteiger partial charge in [-0.3, -0.25) is 0 Å². The van der Waals surface area contributed by atoms with E-state index in [1.165, 1.54) is 0 Å². The molecule has 0 saturated carbocycles. The number of imidazole rings is 1. The first-order valence-electron chi connectivity index (χ1n) is 3.70. The smallest absolute Gasteiger partial charge is 0.0924 e. The normalized spacial score (nSPS) is 9.23. The van der Waals surface area contributed by atoms with Gasteiger partial charge in [-0.05, 0) is 12.1 Å². The van der Waals surface area contributed by atoms with Gasteiger partial charge in [0.05, 0.1) is 18.2 Å². The molecule has 0 bridgehead atoms. The van der Waals surface area contributed by atoms with E-state index in [1.54, 1.807) is 12.5 Å². The van der Waals surface area contributed by atoms with Gasteiger partial charge in [0, 0.05) is 11.3 Å². The average Bonchev–Trinajstić information content (AvgIpc) is 2.56. The van der Waals surface area contributed by atoms with Crippen molar-refractivity contribution in [1.82, 2.24) is 9.97 Å². The number of aromatic amines is 1. The summed E-state index contributed by atoms with van der Waals surface area (Å²) in [5.41, 5.74) is 8.45. The fourth-order valence-corrected chi connectivity index (χ4v) is 1.12. The van der Waals surface area contributed by atoms with Crippen LogP contribution in [0.2, 0.25) is 0 Å². The Morgan fingerprint density at radius 2 is 2.15 bits per heavy atom. The standard InChI is InChI=1S/C9H9N3.ClH/c10-8-3-1-2-7(4-8)9-5-11-6-12-9;/h1-6H,10H2,(H,11,12);1H. The summed E-state index contributed by atoms with van der Waals surface area (Å²) in [6.07, 6.45) is 3.42. The molecule has 2 rings (SSSR count). The van der Waals surface area contributed by atoms with Crippen LogP contribution in [-0.2, 0) is 0 Å². The first kappa shape index (κ1) is 9.61. The number of halogens is 1. The molecular formula is C9H10ClN3. The van der Waals surface area contributed by atoms with Crippen LogP contribution >= 0.6 is 12.4 Å². The molecule has 1 aromatic carbocycles. The minimum Gasteiger partial charge on any atom is -0.399 e. The summed E-state index contributed by atoms with van der Waals surface area (Å²) >= 11 is 0. The number of anilines is 1. The molecule has 3 nitrogen and oxygen atoms in total. The van der Waals surface area contributed by atoms with E-state index in [9.17, 15) is 0 Å². The van der Waals surface area contributed by atoms with Gasteiger partial charge >= 0.3 is 0 Å². The molecule has 4 heteroatoms. The second-order valence-electron chi connectivity index (χ2n) is 2.59. The highest BCUT2D eigenvalue weighted by molar-refractivity contribution is 5.85. The second-order valence-corrected chi connectivity index (χ2v) is 2.59. The van der Waals surface area contributed by atoms with E-state index < -0.39 is 0 Å². The maximum Gasteiger partial charge on any atom is 0.0924 e. The van der Waals surface area contributed by atoms with Crippen LogP contribution in [0.5, 0.6) is 0 Å². The molecule has 0 radical (unpaired) electrons. The summed E-state index contributed by atoms with van der Waals surface area (Å²) in [5.74, 6) is 0. The molecule has 0 atom stereocenters. The van der Waals surface area contributed by atoms with Crippen LogP contribution in [0.3, 0.4) is 0 Å². The Morgan fingerprint density at radius 1 is 1.31 bits per heavy atom. The van der Waals surface area contributed by atoms with Gasteiger partial charge in [0.2, 0.25) is 0 Å². The predicted molar refractivity (Wildman–Crippen MR) is 55.7 cm³/mol. The number of nitrogens with one attached hydrogen (secondary N) is 1. The third-order valence-corrected chi connectivity index (χ3v) is 1.70. The summed E-state index contributed by atoms with van der Waals surface area (Å²) in [5, 5.41) is 0. The van der Waals surface area contributed by atoms with Crippen molar-refractivity contribution < 1.29 is 0 Å². The van der Waals surface area contributed by atoms with E-state index in [0.717, 1.165) is 16.9 Å². The maximum absolute atomic E-state index is 5.63. The molecule has 68 valence electrons. The monoisotopic (exact) mass is 195 g/mol. The highest BCUT2D eigenvalue weighted by Crippen LogP contribution is 2.17. The maximum atomic E-state index is 5.63. The average molecular weight is 196 g/mol. The third-order valence-electron chi connectivity index (χ3n) is 1.70. The molecule has 0 spiro atoms. The first-order valence-corrected chi connectivity index (χ1v) is 3.70. The Labute approximate surface area is 82.4 Å². The number of hydrogen-bond acceptors (Lipinski definition) is 2. The van der Waals surface area contributed by atoms with Gasteiger partial charge in [-0.25, -0.2) is 4.98 Å². The molecule has 0 amide bonds. The molecule has 3 N–H and O–H groups in total. The van der Waals surface area contributed by atoms with Crippen LogP contribution in [0.25, 0.3) is 11.3 Å². The third kappa shape index (κ3) is 2.00. The summed E-state index contributed by atoms with van der Waals surface area (Å²) in [6.45, 7) is 0. The summed E-state index contributed by atoms with van der Waals surface area (Å²) in [4.78, 5) is 6.95. The van der Waals surface area contributed by atoms with Crippen molar-refractivity contribution in [2.75, 3.05) is 5.73 Å². The summed E-state index contributed by atoms with van der Waals surface area (Å²) in [6, 6.07) is 7.68. The van der Waals surface area contributed by atoms with E-state index in [-0.39, 0.29) is 12.4 Å². The fraction of sp³-hybridized carbons (Fsp3) is 0. The number of benzene rings is 1. The van der Waals surface area contributed by atoms with Crippen LogP contribution in [0.15, 0.2) is 36.8 Å². The van der Waals surface area contributed by atoms with Crippen molar-refractivity contribution >= 4 is 18.1 Å². The SMILES string of the molecule is Cl.Nc1cccc(-c2cnc[nH]2)c1. The molecule has 1 aromatic heterocycles. The van der Waals surface area contributed by atoms with Crippen LogP contribution in [0.1, 0.15) is 0 Å². The molecule has 0 fully saturated rings. The number of nitrogens with zero attached hydrogens (tertiary/aromatic N) is 1. The van der Waals surface area contributed by atoms with Gasteiger partial charge in [0.25, 0.3) is 0 Å². The Bertz CT molecular complexity index is 370. The predicted octanol–water partition coefficient (Wildman–Crippen LogP) is 2.08. The van der Waals surface area contributed by atoms with E-state index >= 15 is 0 Å². The van der Waals surface area contributed by atoms with Crippen molar-refractivity contribution in [3.8, 4) is 11.3 Å². The molecule has 0 aliphatic carbocycles. The van der Waals surface area contributed by atoms with Gasteiger partial charge < -0.3 is 10.7 Å². The molecule has 1 heterocycles. The lowest BCUT2D eigenvalue weighted by molar-refractivity contribution is 1.31. The molecule has 13 heavy (non-hydrogen) atoms.